The average Bonchev–Trinajstić information content (AvgIpc) is 2.16. The second-order valence-corrected chi connectivity index (χ2v) is 3.47. The van der Waals surface area contributed by atoms with Crippen LogP contribution < -0.4 is 16.4 Å². The zero-order chi connectivity index (χ0) is 10.6. The van der Waals surface area contributed by atoms with Crippen LogP contribution in [-0.2, 0) is 4.79 Å². The van der Waals surface area contributed by atoms with E-state index in [-0.39, 0.29) is 23.8 Å². The topological polar surface area (TPSA) is 99.7 Å². The van der Waals surface area contributed by atoms with Crippen molar-refractivity contribution in [1.29, 1.82) is 0 Å². The molecule has 0 spiro atoms. The highest BCUT2D eigenvalue weighted by Crippen LogP contribution is 2.08. The van der Waals surface area contributed by atoms with Gasteiger partial charge in [0.2, 0.25) is 5.91 Å². The zero-order valence-electron chi connectivity index (χ0n) is 8.16. The summed E-state index contributed by atoms with van der Waals surface area (Å²) in [7, 11) is 0. The van der Waals surface area contributed by atoms with Crippen LogP contribution in [0, 0.1) is 0 Å². The van der Waals surface area contributed by atoms with Gasteiger partial charge in [0, 0.05) is 18.5 Å². The summed E-state index contributed by atoms with van der Waals surface area (Å²) in [5, 5.41) is 17.1. The predicted octanol–water partition coefficient (Wildman–Crippen LogP) is -1.01. The molecule has 5 N–H and O–H groups in total. The van der Waals surface area contributed by atoms with Crippen molar-refractivity contribution >= 4 is 11.7 Å². The van der Waals surface area contributed by atoms with Crippen molar-refractivity contribution in [2.45, 2.75) is 31.8 Å². The maximum absolute atomic E-state index is 11.0. The van der Waals surface area contributed by atoms with Crippen molar-refractivity contribution in [3.05, 3.63) is 0 Å². The molecule has 14 heavy (non-hydrogen) atoms. The van der Waals surface area contributed by atoms with E-state index < -0.39 is 0 Å². The molecule has 1 rings (SSSR count). The van der Waals surface area contributed by atoms with Gasteiger partial charge in [0.05, 0.1) is 6.54 Å². The van der Waals surface area contributed by atoms with Crippen molar-refractivity contribution in [2.75, 3.05) is 6.54 Å². The molecule has 1 amide bonds. The Hall–Kier alpha value is -1.30. The Morgan fingerprint density at radius 3 is 3.14 bits per heavy atom. The van der Waals surface area contributed by atoms with Crippen LogP contribution in [0.1, 0.15) is 19.8 Å². The molecule has 0 radical (unpaired) electrons. The summed E-state index contributed by atoms with van der Waals surface area (Å²) >= 11 is 0. The fourth-order valence-electron chi connectivity index (χ4n) is 1.51. The first kappa shape index (κ1) is 10.8. The second kappa shape index (κ2) is 4.80. The molecule has 1 heterocycles. The summed E-state index contributed by atoms with van der Waals surface area (Å²) in [4.78, 5) is 11.0. The van der Waals surface area contributed by atoms with Crippen LogP contribution in [-0.4, -0.2) is 35.6 Å². The van der Waals surface area contributed by atoms with Gasteiger partial charge in [-0.3, -0.25) is 4.79 Å². The van der Waals surface area contributed by atoms with Crippen LogP contribution in [0.5, 0.6) is 0 Å². The SMILES string of the molecule is CC1NC(=O)CCC1NC/C(N)=N/O. The van der Waals surface area contributed by atoms with Crippen LogP contribution in [0.15, 0.2) is 5.16 Å². The lowest BCUT2D eigenvalue weighted by Crippen LogP contribution is -2.53. The molecule has 0 aromatic rings. The minimum atomic E-state index is 0.0827. The van der Waals surface area contributed by atoms with Crippen molar-refractivity contribution in [3.63, 3.8) is 0 Å². The number of piperidine rings is 1. The van der Waals surface area contributed by atoms with Crippen LogP contribution in [0.2, 0.25) is 0 Å². The normalized spacial score (nSPS) is 28.6. The summed E-state index contributed by atoms with van der Waals surface area (Å²) in [5.41, 5.74) is 5.31. The van der Waals surface area contributed by atoms with Crippen molar-refractivity contribution in [3.8, 4) is 0 Å². The first-order chi connectivity index (χ1) is 6.63. The van der Waals surface area contributed by atoms with Gasteiger partial charge in [-0.05, 0) is 13.3 Å². The van der Waals surface area contributed by atoms with E-state index in [9.17, 15) is 4.79 Å². The summed E-state index contributed by atoms with van der Waals surface area (Å²) in [5.74, 6) is 0.230. The Morgan fingerprint density at radius 1 is 1.86 bits per heavy atom. The number of nitrogens with zero attached hydrogens (tertiary/aromatic N) is 1. The number of hydrogen-bond acceptors (Lipinski definition) is 4. The van der Waals surface area contributed by atoms with E-state index in [0.717, 1.165) is 6.42 Å². The third kappa shape index (κ3) is 2.88. The number of nitrogens with one attached hydrogen (secondary N) is 2. The van der Waals surface area contributed by atoms with Gasteiger partial charge >= 0.3 is 0 Å². The van der Waals surface area contributed by atoms with Crippen molar-refractivity contribution < 1.29 is 10.0 Å². The smallest absolute Gasteiger partial charge is 0.220 e. The Morgan fingerprint density at radius 2 is 2.57 bits per heavy atom. The van der Waals surface area contributed by atoms with E-state index >= 15 is 0 Å². The molecule has 6 heteroatoms. The maximum atomic E-state index is 11.0. The summed E-state index contributed by atoms with van der Waals surface area (Å²) in [6.45, 7) is 2.27. The lowest BCUT2D eigenvalue weighted by atomic mass is 9.99. The monoisotopic (exact) mass is 200 g/mol. The molecule has 0 aromatic carbocycles. The Labute approximate surface area is 82.5 Å². The first-order valence-electron chi connectivity index (χ1n) is 4.62. The molecule has 0 saturated carbocycles. The standard InChI is InChI=1S/C8H16N4O2/c1-5-6(2-3-8(13)11-5)10-4-7(9)12-14/h5-6,10,14H,2-4H2,1H3,(H2,9,12)(H,11,13). The minimum Gasteiger partial charge on any atom is -0.409 e. The van der Waals surface area contributed by atoms with Gasteiger partial charge in [-0.15, -0.1) is 0 Å². The van der Waals surface area contributed by atoms with Crippen molar-refractivity contribution in [1.82, 2.24) is 10.6 Å². The number of oxime groups is 1. The number of amides is 1. The van der Waals surface area contributed by atoms with Crippen LogP contribution in [0.4, 0.5) is 0 Å². The second-order valence-electron chi connectivity index (χ2n) is 3.47. The third-order valence-corrected chi connectivity index (χ3v) is 2.35. The van der Waals surface area contributed by atoms with E-state index in [1.165, 1.54) is 0 Å². The fourth-order valence-corrected chi connectivity index (χ4v) is 1.51. The van der Waals surface area contributed by atoms with Crippen molar-refractivity contribution in [2.24, 2.45) is 10.9 Å². The van der Waals surface area contributed by atoms with Gasteiger partial charge < -0.3 is 21.6 Å². The number of amidine groups is 1. The summed E-state index contributed by atoms with van der Waals surface area (Å²) < 4.78 is 0. The quantitative estimate of drug-likeness (QED) is 0.203. The molecule has 6 nitrogen and oxygen atoms in total. The average molecular weight is 200 g/mol. The zero-order valence-corrected chi connectivity index (χ0v) is 8.16. The first-order valence-corrected chi connectivity index (χ1v) is 4.62. The molecule has 80 valence electrons. The lowest BCUT2D eigenvalue weighted by molar-refractivity contribution is -0.123. The van der Waals surface area contributed by atoms with Gasteiger partial charge in [0.1, 0.15) is 0 Å². The van der Waals surface area contributed by atoms with E-state index in [4.69, 9.17) is 10.9 Å². The summed E-state index contributed by atoms with van der Waals surface area (Å²) in [6.07, 6.45) is 1.31. The molecule has 2 atom stereocenters. The highest BCUT2D eigenvalue weighted by molar-refractivity contribution is 5.81. The molecule has 0 aliphatic carbocycles. The van der Waals surface area contributed by atoms with E-state index in [1.807, 2.05) is 6.92 Å². The molecular formula is C8H16N4O2. The third-order valence-electron chi connectivity index (χ3n) is 2.35. The van der Waals surface area contributed by atoms with Gasteiger partial charge in [0.25, 0.3) is 0 Å². The molecule has 1 saturated heterocycles. The highest BCUT2D eigenvalue weighted by atomic mass is 16.4. The predicted molar refractivity (Wildman–Crippen MR) is 52.0 cm³/mol. The molecular weight excluding hydrogens is 184 g/mol. The van der Waals surface area contributed by atoms with Gasteiger partial charge in [-0.2, -0.15) is 0 Å². The number of nitrogens with two attached hydrogens (primary N) is 1. The van der Waals surface area contributed by atoms with Crippen LogP contribution in [0.3, 0.4) is 0 Å². The molecule has 1 aliphatic rings. The molecule has 2 unspecified atom stereocenters. The molecule has 0 aromatic heterocycles. The Bertz CT molecular complexity index is 241. The number of hydrogen-bond donors (Lipinski definition) is 4. The maximum Gasteiger partial charge on any atom is 0.220 e. The van der Waals surface area contributed by atoms with Crippen LogP contribution >= 0.6 is 0 Å². The Kier molecular flexibility index (Phi) is 3.70. The largest absolute Gasteiger partial charge is 0.409 e. The molecule has 1 fully saturated rings. The van der Waals surface area contributed by atoms with Crippen LogP contribution in [0.25, 0.3) is 0 Å². The van der Waals surface area contributed by atoms with E-state index in [0.29, 0.717) is 13.0 Å². The van der Waals surface area contributed by atoms with E-state index in [1.54, 1.807) is 0 Å². The minimum absolute atomic E-state index is 0.0827. The highest BCUT2D eigenvalue weighted by Gasteiger charge is 2.24. The van der Waals surface area contributed by atoms with Gasteiger partial charge in [0.15, 0.2) is 5.84 Å². The fraction of sp³-hybridized carbons (Fsp3) is 0.750. The number of rotatable bonds is 3. The number of carbonyl (C=O) groups is 1. The van der Waals surface area contributed by atoms with E-state index in [2.05, 4.69) is 15.8 Å². The molecule has 0 bridgehead atoms. The number of carbonyl (C=O) groups excluding carboxylic acids is 1. The lowest BCUT2D eigenvalue weighted by Gasteiger charge is -2.30. The molecule has 1 aliphatic heterocycles. The Balaban J connectivity index is 2.34. The van der Waals surface area contributed by atoms with Gasteiger partial charge in [-0.25, -0.2) is 0 Å². The summed E-state index contributed by atoms with van der Waals surface area (Å²) in [6, 6.07) is 0.274. The van der Waals surface area contributed by atoms with Gasteiger partial charge in [-0.1, -0.05) is 5.16 Å².